The van der Waals surface area contributed by atoms with Crippen LogP contribution in [0.25, 0.3) is 0 Å². The van der Waals surface area contributed by atoms with Crippen molar-refractivity contribution in [3.8, 4) is 5.75 Å². The van der Waals surface area contributed by atoms with Crippen LogP contribution in [0.5, 0.6) is 5.75 Å². The molecule has 1 unspecified atom stereocenters. The Balaban J connectivity index is 2.15. The highest BCUT2D eigenvalue weighted by Gasteiger charge is 2.24. The highest BCUT2D eigenvalue weighted by Crippen LogP contribution is 2.20. The number of carbonyl (C=O) groups excluding carboxylic acids is 2. The summed E-state index contributed by atoms with van der Waals surface area (Å²) in [6.07, 6.45) is 0. The van der Waals surface area contributed by atoms with Gasteiger partial charge in [-0.3, -0.25) is 4.79 Å². The molecule has 2 rings (SSSR count). The zero-order chi connectivity index (χ0) is 19.4. The summed E-state index contributed by atoms with van der Waals surface area (Å²) in [5.74, 6) is 0.354. The van der Waals surface area contributed by atoms with E-state index < -0.39 is 5.97 Å². The minimum absolute atomic E-state index is 0.0372. The zero-order valence-corrected chi connectivity index (χ0v) is 16.3. The van der Waals surface area contributed by atoms with Gasteiger partial charge in [0.25, 0.3) is 0 Å². The summed E-state index contributed by atoms with van der Waals surface area (Å²) < 4.78 is 10.2. The molecular formula is C20H27N2O4+. The van der Waals surface area contributed by atoms with E-state index >= 15 is 0 Å². The number of carbonyl (C=O) groups is 2. The van der Waals surface area contributed by atoms with E-state index in [2.05, 4.69) is 11.1 Å². The molecule has 0 amide bonds. The monoisotopic (exact) mass is 359 g/mol. The number of likely N-dealkylation sites (N-methyl/N-ethyl adjacent to an activating group) is 1. The highest BCUT2D eigenvalue weighted by molar-refractivity contribution is 6.01. The van der Waals surface area contributed by atoms with Gasteiger partial charge in [0.2, 0.25) is 5.78 Å². The number of nitrogens with one attached hydrogen (secondary N) is 2. The smallest absolute Gasteiger partial charge is 0.339 e. The summed E-state index contributed by atoms with van der Waals surface area (Å²) in [5, 5.41) is 0. The first kappa shape index (κ1) is 19.7. The summed E-state index contributed by atoms with van der Waals surface area (Å²) in [4.78, 5) is 28.7. The molecule has 0 bridgehead atoms. The van der Waals surface area contributed by atoms with E-state index in [1.54, 1.807) is 21.0 Å². The fourth-order valence-corrected chi connectivity index (χ4v) is 3.23. The first-order chi connectivity index (χ1) is 12.3. The largest absolute Gasteiger partial charge is 0.496 e. The number of aromatic amines is 1. The Morgan fingerprint density at radius 3 is 2.46 bits per heavy atom. The molecule has 1 aromatic carbocycles. The lowest BCUT2D eigenvalue weighted by Gasteiger charge is -2.16. The Kier molecular flexibility index (Phi) is 6.21. The van der Waals surface area contributed by atoms with Crippen LogP contribution >= 0.6 is 0 Å². The molecule has 1 atom stereocenters. The molecule has 0 spiro atoms. The van der Waals surface area contributed by atoms with Crippen LogP contribution in [0.2, 0.25) is 0 Å². The summed E-state index contributed by atoms with van der Waals surface area (Å²) in [5.41, 5.74) is 4.41. The standard InChI is InChI=1S/C20H26N2O4/c1-12-7-8-17(25-5)15(9-12)10-22(4)11-16(23)19-13(2)18(14(3)21-19)20(24)26-6/h7-9,21H,10-11H2,1-6H3/p+1. The van der Waals surface area contributed by atoms with Crippen LogP contribution in [0.15, 0.2) is 18.2 Å². The van der Waals surface area contributed by atoms with Gasteiger partial charge in [-0.15, -0.1) is 0 Å². The number of Topliss-reactive ketones (excluding diaryl/α,β-unsaturated/α-hetero) is 1. The Morgan fingerprint density at radius 1 is 1.15 bits per heavy atom. The number of hydrogen-bond acceptors (Lipinski definition) is 4. The number of rotatable bonds is 7. The van der Waals surface area contributed by atoms with Crippen molar-refractivity contribution in [3.63, 3.8) is 0 Å². The van der Waals surface area contributed by atoms with E-state index in [9.17, 15) is 9.59 Å². The maximum absolute atomic E-state index is 12.7. The van der Waals surface area contributed by atoms with Crippen molar-refractivity contribution in [2.45, 2.75) is 27.3 Å². The second kappa shape index (κ2) is 8.19. The topological polar surface area (TPSA) is 72.8 Å². The Hall–Kier alpha value is -2.60. The predicted molar refractivity (Wildman–Crippen MR) is 99.1 cm³/mol. The second-order valence-corrected chi connectivity index (χ2v) is 6.67. The van der Waals surface area contributed by atoms with Crippen LogP contribution in [-0.4, -0.2) is 44.5 Å². The minimum Gasteiger partial charge on any atom is -0.496 e. The minimum atomic E-state index is -0.430. The Bertz CT molecular complexity index is 823. The number of aromatic nitrogens is 1. The SMILES string of the molecule is COC(=O)c1c(C)[nH]c(C(=O)C[NH+](C)Cc2cc(C)ccc2OC)c1C. The summed E-state index contributed by atoms with van der Waals surface area (Å²) in [6.45, 7) is 6.53. The van der Waals surface area contributed by atoms with E-state index in [4.69, 9.17) is 9.47 Å². The van der Waals surface area contributed by atoms with Crippen molar-refractivity contribution >= 4 is 11.8 Å². The van der Waals surface area contributed by atoms with Gasteiger partial charge in [-0.05, 0) is 38.5 Å². The number of quaternary nitrogens is 1. The van der Waals surface area contributed by atoms with E-state index in [1.165, 1.54) is 7.11 Å². The fraction of sp³-hybridized carbons (Fsp3) is 0.400. The van der Waals surface area contributed by atoms with Crippen LogP contribution in [0.4, 0.5) is 0 Å². The average Bonchev–Trinajstić information content (AvgIpc) is 2.89. The van der Waals surface area contributed by atoms with Crippen LogP contribution in [0.1, 0.15) is 43.2 Å². The number of H-pyrrole nitrogens is 1. The van der Waals surface area contributed by atoms with Gasteiger partial charge < -0.3 is 19.4 Å². The molecule has 0 saturated heterocycles. The molecule has 6 nitrogen and oxygen atoms in total. The van der Waals surface area contributed by atoms with Gasteiger partial charge in [0, 0.05) is 11.3 Å². The molecule has 2 aromatic rings. The third-order valence-electron chi connectivity index (χ3n) is 4.50. The number of ketones is 1. The summed E-state index contributed by atoms with van der Waals surface area (Å²) in [6, 6.07) is 6.02. The van der Waals surface area contributed by atoms with Crippen LogP contribution in [0, 0.1) is 20.8 Å². The molecule has 6 heteroatoms. The highest BCUT2D eigenvalue weighted by atomic mass is 16.5. The van der Waals surface area contributed by atoms with Crippen molar-refractivity contribution in [1.82, 2.24) is 4.98 Å². The van der Waals surface area contributed by atoms with Gasteiger partial charge >= 0.3 is 5.97 Å². The summed E-state index contributed by atoms with van der Waals surface area (Å²) in [7, 11) is 4.95. The molecule has 0 aliphatic carbocycles. The number of ether oxygens (including phenoxy) is 2. The molecule has 0 fully saturated rings. The fourth-order valence-electron chi connectivity index (χ4n) is 3.23. The third kappa shape index (κ3) is 4.14. The van der Waals surface area contributed by atoms with Gasteiger partial charge in [-0.1, -0.05) is 11.6 Å². The molecule has 26 heavy (non-hydrogen) atoms. The first-order valence-corrected chi connectivity index (χ1v) is 8.54. The van der Waals surface area contributed by atoms with Gasteiger partial charge in [0.05, 0.1) is 32.5 Å². The van der Waals surface area contributed by atoms with Gasteiger partial charge in [0.1, 0.15) is 18.8 Å². The molecule has 1 aromatic heterocycles. The summed E-state index contributed by atoms with van der Waals surface area (Å²) >= 11 is 0. The molecule has 0 aliphatic heterocycles. The van der Waals surface area contributed by atoms with E-state index in [-0.39, 0.29) is 5.78 Å². The number of esters is 1. The van der Waals surface area contributed by atoms with Crippen molar-refractivity contribution < 1.29 is 24.0 Å². The predicted octanol–water partition coefficient (Wildman–Crippen LogP) is 1.63. The lowest BCUT2D eigenvalue weighted by Crippen LogP contribution is -3.08. The van der Waals surface area contributed by atoms with Crippen molar-refractivity contribution in [1.29, 1.82) is 0 Å². The molecular weight excluding hydrogens is 332 g/mol. The zero-order valence-electron chi connectivity index (χ0n) is 16.3. The van der Waals surface area contributed by atoms with Crippen molar-refractivity contribution in [2.24, 2.45) is 0 Å². The number of benzene rings is 1. The van der Waals surface area contributed by atoms with E-state index in [0.29, 0.717) is 35.6 Å². The van der Waals surface area contributed by atoms with Crippen molar-refractivity contribution in [2.75, 3.05) is 27.8 Å². The van der Waals surface area contributed by atoms with Gasteiger partial charge in [0.15, 0.2) is 0 Å². The van der Waals surface area contributed by atoms with Crippen molar-refractivity contribution in [3.05, 3.63) is 51.8 Å². The molecule has 0 saturated carbocycles. The lowest BCUT2D eigenvalue weighted by atomic mass is 10.1. The van der Waals surface area contributed by atoms with Crippen LogP contribution in [0.3, 0.4) is 0 Å². The number of aryl methyl sites for hydroxylation is 2. The normalized spacial score (nSPS) is 11.9. The average molecular weight is 359 g/mol. The molecule has 0 radical (unpaired) electrons. The van der Waals surface area contributed by atoms with Crippen LogP contribution < -0.4 is 9.64 Å². The molecule has 1 heterocycles. The lowest BCUT2D eigenvalue weighted by molar-refractivity contribution is -0.884. The Labute approximate surface area is 154 Å². The van der Waals surface area contributed by atoms with E-state index in [0.717, 1.165) is 21.8 Å². The molecule has 0 aliphatic rings. The number of methoxy groups -OCH3 is 2. The maximum atomic E-state index is 12.7. The van der Waals surface area contributed by atoms with Crippen LogP contribution in [-0.2, 0) is 11.3 Å². The van der Waals surface area contributed by atoms with Gasteiger partial charge in [-0.2, -0.15) is 0 Å². The number of hydrogen-bond donors (Lipinski definition) is 2. The first-order valence-electron chi connectivity index (χ1n) is 8.54. The molecule has 140 valence electrons. The van der Waals surface area contributed by atoms with E-state index in [1.807, 2.05) is 26.1 Å². The second-order valence-electron chi connectivity index (χ2n) is 6.67. The third-order valence-corrected chi connectivity index (χ3v) is 4.50. The maximum Gasteiger partial charge on any atom is 0.339 e. The Morgan fingerprint density at radius 2 is 1.85 bits per heavy atom. The molecule has 2 N–H and O–H groups in total. The van der Waals surface area contributed by atoms with Gasteiger partial charge in [-0.25, -0.2) is 4.79 Å². The quantitative estimate of drug-likeness (QED) is 0.582.